The van der Waals surface area contributed by atoms with E-state index in [2.05, 4.69) is 5.32 Å². The molecular formula is C16H17NO4S2. The summed E-state index contributed by atoms with van der Waals surface area (Å²) in [4.78, 5) is -0.131. The highest BCUT2D eigenvalue weighted by molar-refractivity contribution is 8.14. The molecule has 0 unspecified atom stereocenters. The van der Waals surface area contributed by atoms with E-state index in [9.17, 15) is 16.8 Å². The molecule has 0 fully saturated rings. The Morgan fingerprint density at radius 3 is 1.39 bits per heavy atom. The Hall–Kier alpha value is -2.12. The van der Waals surface area contributed by atoms with Gasteiger partial charge in [0.1, 0.15) is 0 Å². The molecule has 2 rings (SSSR count). The van der Waals surface area contributed by atoms with Gasteiger partial charge in [-0.25, -0.2) is 16.8 Å². The van der Waals surface area contributed by atoms with Gasteiger partial charge in [-0.15, -0.1) is 0 Å². The quantitative estimate of drug-likeness (QED) is 0.894. The van der Waals surface area contributed by atoms with Gasteiger partial charge in [-0.3, -0.25) is 0 Å². The highest BCUT2D eigenvalue weighted by atomic mass is 32.3. The second-order valence-corrected chi connectivity index (χ2v) is 8.83. The number of hydrogen-bond acceptors (Lipinski definition) is 5. The van der Waals surface area contributed by atoms with Gasteiger partial charge in [0.05, 0.1) is 9.79 Å². The fourth-order valence-corrected chi connectivity index (χ4v) is 6.27. The molecule has 2 aromatic rings. The summed E-state index contributed by atoms with van der Waals surface area (Å²) < 4.78 is 50.9. The highest BCUT2D eigenvalue weighted by Gasteiger charge is 2.35. The summed E-state index contributed by atoms with van der Waals surface area (Å²) in [6.45, 7) is 1.43. The summed E-state index contributed by atoms with van der Waals surface area (Å²) in [6.07, 6.45) is 0. The van der Waals surface area contributed by atoms with Crippen molar-refractivity contribution in [1.29, 1.82) is 0 Å². The molecule has 0 aliphatic heterocycles. The molecule has 0 aromatic heterocycles. The van der Waals surface area contributed by atoms with E-state index in [1.807, 2.05) is 0 Å². The molecule has 122 valence electrons. The molecule has 0 radical (unpaired) electrons. The third-order valence-electron chi connectivity index (χ3n) is 3.28. The zero-order chi connectivity index (χ0) is 17.1. The van der Waals surface area contributed by atoms with Gasteiger partial charge >= 0.3 is 0 Å². The van der Waals surface area contributed by atoms with Crippen molar-refractivity contribution in [2.45, 2.75) is 16.7 Å². The Kier molecular flexibility index (Phi) is 4.91. The maximum Gasteiger partial charge on any atom is 0.219 e. The molecule has 0 bridgehead atoms. The fourth-order valence-electron chi connectivity index (χ4n) is 2.06. The fraction of sp³-hybridized carbons (Fsp3) is 0.125. The van der Waals surface area contributed by atoms with Crippen LogP contribution in [0.25, 0.3) is 0 Å². The summed E-state index contributed by atoms with van der Waals surface area (Å²) in [5, 5.41) is 2.64. The average Bonchev–Trinajstić information content (AvgIpc) is 2.56. The van der Waals surface area contributed by atoms with Gasteiger partial charge < -0.3 is 5.32 Å². The van der Waals surface area contributed by atoms with Crippen molar-refractivity contribution in [2.75, 3.05) is 7.05 Å². The van der Waals surface area contributed by atoms with Crippen molar-refractivity contribution in [3.8, 4) is 0 Å². The molecule has 23 heavy (non-hydrogen) atoms. The van der Waals surface area contributed by atoms with Crippen LogP contribution in [0.2, 0.25) is 0 Å². The van der Waals surface area contributed by atoms with Crippen molar-refractivity contribution in [3.63, 3.8) is 0 Å². The first-order valence-corrected chi connectivity index (χ1v) is 9.77. The van der Waals surface area contributed by atoms with Gasteiger partial charge in [0.25, 0.3) is 0 Å². The number of rotatable bonds is 5. The van der Waals surface area contributed by atoms with Gasteiger partial charge in [-0.2, -0.15) is 0 Å². The van der Waals surface area contributed by atoms with Crippen LogP contribution in [0.15, 0.2) is 80.4 Å². The molecule has 0 aliphatic carbocycles. The lowest BCUT2D eigenvalue weighted by atomic mass is 10.4. The molecule has 2 aromatic carbocycles. The van der Waals surface area contributed by atoms with Crippen molar-refractivity contribution in [3.05, 3.63) is 70.6 Å². The van der Waals surface area contributed by atoms with E-state index < -0.39 is 23.9 Å². The van der Waals surface area contributed by atoms with Crippen molar-refractivity contribution in [2.24, 2.45) is 0 Å². The van der Waals surface area contributed by atoms with E-state index in [1.54, 1.807) is 36.4 Å². The van der Waals surface area contributed by atoms with E-state index in [-0.39, 0.29) is 15.5 Å². The van der Waals surface area contributed by atoms with Gasteiger partial charge in [0, 0.05) is 12.7 Å². The van der Waals surface area contributed by atoms with Crippen LogP contribution in [-0.2, 0) is 19.7 Å². The molecule has 0 atom stereocenters. The first kappa shape index (κ1) is 17.2. The molecular weight excluding hydrogens is 334 g/mol. The molecule has 0 aliphatic rings. The van der Waals surface area contributed by atoms with E-state index in [4.69, 9.17) is 0 Å². The largest absolute Gasteiger partial charge is 0.390 e. The highest BCUT2D eigenvalue weighted by Crippen LogP contribution is 2.30. The smallest absolute Gasteiger partial charge is 0.219 e. The number of sulfone groups is 2. The van der Waals surface area contributed by atoms with Gasteiger partial charge in [0.2, 0.25) is 19.7 Å². The number of nitrogens with one attached hydrogen (secondary N) is 1. The lowest BCUT2D eigenvalue weighted by Gasteiger charge is -2.14. The standard InChI is InChI=1S/C16H17NO4S2/c1-13(17-2)16(22(18,19)14-9-5-3-6-10-14)23(20,21)15-11-7-4-8-12-15/h3-12,17H,1-2H3. The third-order valence-corrected chi connectivity index (χ3v) is 7.97. The number of allylic oxidation sites excluding steroid dienone is 1. The normalized spacial score (nSPS) is 11.7. The lowest BCUT2D eigenvalue weighted by molar-refractivity contribution is 0.594. The Bertz CT molecular complexity index is 845. The monoisotopic (exact) mass is 351 g/mol. The SMILES string of the molecule is CNC(C)=C(S(=O)(=O)c1ccccc1)S(=O)(=O)c1ccccc1. The molecule has 7 heteroatoms. The predicted octanol–water partition coefficient (Wildman–Crippen LogP) is 2.34. The van der Waals surface area contributed by atoms with E-state index in [1.165, 1.54) is 38.2 Å². The van der Waals surface area contributed by atoms with Gasteiger partial charge in [-0.05, 0) is 31.2 Å². The average molecular weight is 351 g/mol. The summed E-state index contributed by atoms with van der Waals surface area (Å²) >= 11 is 0. The summed E-state index contributed by atoms with van der Waals surface area (Å²) in [5.74, 6) is 0. The number of benzene rings is 2. The van der Waals surface area contributed by atoms with Crippen LogP contribution in [0.4, 0.5) is 0 Å². The second kappa shape index (κ2) is 6.55. The van der Waals surface area contributed by atoms with Crippen LogP contribution in [0.3, 0.4) is 0 Å². The Labute approximate surface area is 136 Å². The Balaban J connectivity index is 2.76. The Morgan fingerprint density at radius 2 is 1.09 bits per heavy atom. The van der Waals surface area contributed by atoms with Crippen LogP contribution in [0.5, 0.6) is 0 Å². The molecule has 0 saturated heterocycles. The van der Waals surface area contributed by atoms with Crippen LogP contribution >= 0.6 is 0 Å². The maximum atomic E-state index is 12.9. The van der Waals surface area contributed by atoms with Crippen molar-refractivity contribution < 1.29 is 16.8 Å². The zero-order valence-corrected chi connectivity index (χ0v) is 14.4. The van der Waals surface area contributed by atoms with Crippen molar-refractivity contribution >= 4 is 19.7 Å². The molecule has 5 nitrogen and oxygen atoms in total. The number of hydrogen-bond donors (Lipinski definition) is 1. The summed E-state index contributed by atoms with van der Waals surface area (Å²) in [5.41, 5.74) is 0.0673. The topological polar surface area (TPSA) is 80.3 Å². The molecule has 1 N–H and O–H groups in total. The van der Waals surface area contributed by atoms with Crippen LogP contribution in [-0.4, -0.2) is 23.9 Å². The summed E-state index contributed by atoms with van der Waals surface area (Å²) in [6, 6.07) is 15.0. The first-order chi connectivity index (χ1) is 10.8. The second-order valence-electron chi connectivity index (χ2n) is 4.80. The van der Waals surface area contributed by atoms with Crippen molar-refractivity contribution in [1.82, 2.24) is 5.32 Å². The minimum Gasteiger partial charge on any atom is -0.390 e. The third kappa shape index (κ3) is 3.30. The minimum absolute atomic E-state index is 0.0656. The lowest BCUT2D eigenvalue weighted by Crippen LogP contribution is -2.21. The zero-order valence-electron chi connectivity index (χ0n) is 12.7. The Morgan fingerprint density at radius 1 is 0.739 bits per heavy atom. The van der Waals surface area contributed by atoms with Gasteiger partial charge in [0.15, 0.2) is 4.24 Å². The van der Waals surface area contributed by atoms with Crippen LogP contribution < -0.4 is 5.32 Å². The van der Waals surface area contributed by atoms with E-state index in [0.717, 1.165) is 0 Å². The molecule has 0 heterocycles. The molecule has 0 spiro atoms. The summed E-state index contributed by atoms with van der Waals surface area (Å²) in [7, 11) is -6.90. The van der Waals surface area contributed by atoms with E-state index in [0.29, 0.717) is 0 Å². The molecule has 0 amide bonds. The van der Waals surface area contributed by atoms with E-state index >= 15 is 0 Å². The predicted molar refractivity (Wildman–Crippen MR) is 89.0 cm³/mol. The minimum atomic E-state index is -4.19. The maximum absolute atomic E-state index is 12.9. The van der Waals surface area contributed by atoms with Crippen LogP contribution in [0, 0.1) is 0 Å². The van der Waals surface area contributed by atoms with Gasteiger partial charge in [-0.1, -0.05) is 36.4 Å². The first-order valence-electron chi connectivity index (χ1n) is 6.80. The molecule has 0 saturated carbocycles. The van der Waals surface area contributed by atoms with Crippen LogP contribution in [0.1, 0.15) is 6.92 Å².